The summed E-state index contributed by atoms with van der Waals surface area (Å²) in [5, 5.41) is 9.15. The van der Waals surface area contributed by atoms with Gasteiger partial charge in [-0.1, -0.05) is 0 Å². The third-order valence-electron chi connectivity index (χ3n) is 4.16. The number of carbonyl (C=O) groups excluding carboxylic acids is 2. The van der Waals surface area contributed by atoms with Gasteiger partial charge in [-0.15, -0.1) is 0 Å². The fraction of sp³-hybridized carbons (Fsp3) is 0.357. The van der Waals surface area contributed by atoms with E-state index in [1.54, 1.807) is 0 Å². The Morgan fingerprint density at radius 1 is 1.22 bits per heavy atom. The maximum absolute atomic E-state index is 12.7. The van der Waals surface area contributed by atoms with Gasteiger partial charge in [-0.2, -0.15) is 4.31 Å². The van der Waals surface area contributed by atoms with E-state index in [1.807, 2.05) is 0 Å². The van der Waals surface area contributed by atoms with Crippen LogP contribution in [0.15, 0.2) is 23.1 Å². The summed E-state index contributed by atoms with van der Waals surface area (Å²) in [5.74, 6) is -2.25. The number of benzene rings is 1. The number of imide groups is 1. The zero-order chi connectivity index (χ0) is 16.9. The first kappa shape index (κ1) is 15.6. The number of carboxylic acids is 1. The van der Waals surface area contributed by atoms with Crippen LogP contribution in [0.25, 0.3) is 0 Å². The lowest BCUT2D eigenvalue weighted by Crippen LogP contribution is -2.40. The van der Waals surface area contributed by atoms with Gasteiger partial charge in [-0.05, 0) is 31.0 Å². The number of hydrogen-bond acceptors (Lipinski definition) is 5. The van der Waals surface area contributed by atoms with Gasteiger partial charge >= 0.3 is 5.97 Å². The van der Waals surface area contributed by atoms with Gasteiger partial charge in [-0.3, -0.25) is 19.3 Å². The summed E-state index contributed by atoms with van der Waals surface area (Å²) in [6.45, 7) is 0.114. The molecule has 2 amide bonds. The molecule has 1 saturated heterocycles. The molecule has 0 aromatic heterocycles. The number of aliphatic carboxylic acids is 1. The molecule has 0 spiro atoms. The summed E-state index contributed by atoms with van der Waals surface area (Å²) in [7, 11) is -2.72. The first-order valence-corrected chi connectivity index (χ1v) is 8.40. The van der Waals surface area contributed by atoms with Crippen molar-refractivity contribution in [2.45, 2.75) is 23.8 Å². The SMILES string of the molecule is CN1C(=O)c2ccc(S(=O)(=O)N3CCCC3C(=O)O)cc2C1=O. The summed E-state index contributed by atoms with van der Waals surface area (Å²) in [4.78, 5) is 35.8. The first-order valence-electron chi connectivity index (χ1n) is 6.96. The average molecular weight is 338 g/mol. The van der Waals surface area contributed by atoms with E-state index in [2.05, 4.69) is 0 Å². The highest BCUT2D eigenvalue weighted by molar-refractivity contribution is 7.89. The monoisotopic (exact) mass is 338 g/mol. The molecule has 2 heterocycles. The van der Waals surface area contributed by atoms with Crippen LogP contribution in [-0.4, -0.2) is 60.1 Å². The number of nitrogens with zero attached hydrogens (tertiary/aromatic N) is 2. The van der Waals surface area contributed by atoms with Crippen LogP contribution in [-0.2, 0) is 14.8 Å². The highest BCUT2D eigenvalue weighted by Gasteiger charge is 2.41. The van der Waals surface area contributed by atoms with E-state index in [0.29, 0.717) is 6.42 Å². The summed E-state index contributed by atoms with van der Waals surface area (Å²) in [6.07, 6.45) is 0.709. The lowest BCUT2D eigenvalue weighted by molar-refractivity contribution is -0.140. The van der Waals surface area contributed by atoms with Crippen molar-refractivity contribution < 1.29 is 27.9 Å². The highest BCUT2D eigenvalue weighted by Crippen LogP contribution is 2.29. The number of carbonyl (C=O) groups is 3. The smallest absolute Gasteiger partial charge is 0.322 e. The molecule has 9 heteroatoms. The van der Waals surface area contributed by atoms with Crippen LogP contribution in [0.3, 0.4) is 0 Å². The van der Waals surface area contributed by atoms with Crippen LogP contribution >= 0.6 is 0 Å². The molecule has 122 valence electrons. The first-order chi connectivity index (χ1) is 10.7. The topological polar surface area (TPSA) is 112 Å². The molecule has 1 unspecified atom stereocenters. The number of sulfonamides is 1. The molecular weight excluding hydrogens is 324 g/mol. The summed E-state index contributed by atoms with van der Waals surface area (Å²) < 4.78 is 26.3. The molecular formula is C14H14N2O6S. The molecule has 3 rings (SSSR count). The quantitative estimate of drug-likeness (QED) is 0.785. The van der Waals surface area contributed by atoms with Crippen LogP contribution in [0.2, 0.25) is 0 Å². The van der Waals surface area contributed by atoms with Gasteiger partial charge in [0.1, 0.15) is 6.04 Å². The Hall–Kier alpha value is -2.26. The van der Waals surface area contributed by atoms with E-state index in [4.69, 9.17) is 5.11 Å². The molecule has 8 nitrogen and oxygen atoms in total. The van der Waals surface area contributed by atoms with Crippen molar-refractivity contribution >= 4 is 27.8 Å². The van der Waals surface area contributed by atoms with Crippen molar-refractivity contribution in [3.05, 3.63) is 29.3 Å². The highest BCUT2D eigenvalue weighted by atomic mass is 32.2. The second kappa shape index (κ2) is 5.14. The van der Waals surface area contributed by atoms with Gasteiger partial charge in [0.15, 0.2) is 0 Å². The third-order valence-corrected chi connectivity index (χ3v) is 6.06. The standard InChI is InChI=1S/C14H14N2O6S/c1-15-12(17)9-5-4-8(7-10(9)13(15)18)23(21,22)16-6-2-3-11(16)14(19)20/h4-5,7,11H,2-3,6H2,1H3,(H,19,20). The van der Waals surface area contributed by atoms with Gasteiger partial charge in [0.05, 0.1) is 16.0 Å². The number of carboxylic acid groups (broad SMARTS) is 1. The summed E-state index contributed by atoms with van der Waals surface area (Å²) >= 11 is 0. The molecule has 0 saturated carbocycles. The number of amides is 2. The van der Waals surface area contributed by atoms with E-state index in [1.165, 1.54) is 19.2 Å². The molecule has 1 aromatic carbocycles. The molecule has 1 atom stereocenters. The lowest BCUT2D eigenvalue weighted by atomic mass is 10.1. The van der Waals surface area contributed by atoms with E-state index >= 15 is 0 Å². The second-order valence-corrected chi connectivity index (χ2v) is 7.38. The van der Waals surface area contributed by atoms with Gasteiger partial charge in [0.25, 0.3) is 11.8 Å². The summed E-state index contributed by atoms with van der Waals surface area (Å²) in [5.41, 5.74) is 0.164. The Balaban J connectivity index is 2.05. The second-order valence-electron chi connectivity index (χ2n) is 5.49. The Labute approximate surface area is 132 Å². The average Bonchev–Trinajstić information content (AvgIpc) is 3.09. The van der Waals surface area contributed by atoms with E-state index < -0.39 is 33.8 Å². The van der Waals surface area contributed by atoms with E-state index in [-0.39, 0.29) is 29.0 Å². The van der Waals surface area contributed by atoms with Crippen LogP contribution in [0.1, 0.15) is 33.6 Å². The third kappa shape index (κ3) is 2.23. The van der Waals surface area contributed by atoms with Crippen molar-refractivity contribution in [1.82, 2.24) is 9.21 Å². The Morgan fingerprint density at radius 3 is 2.52 bits per heavy atom. The molecule has 2 aliphatic heterocycles. The van der Waals surface area contributed by atoms with Gasteiger partial charge in [0, 0.05) is 13.6 Å². The predicted molar refractivity (Wildman–Crippen MR) is 77.4 cm³/mol. The van der Waals surface area contributed by atoms with Crippen molar-refractivity contribution in [3.63, 3.8) is 0 Å². The van der Waals surface area contributed by atoms with Crippen LogP contribution < -0.4 is 0 Å². The van der Waals surface area contributed by atoms with Gasteiger partial charge < -0.3 is 5.11 Å². The molecule has 1 N–H and O–H groups in total. The Bertz CT molecular complexity index is 832. The maximum atomic E-state index is 12.7. The predicted octanol–water partition coefficient (Wildman–Crippen LogP) is 0.150. The normalized spacial score (nSPS) is 21.8. The summed E-state index contributed by atoms with van der Waals surface area (Å²) in [6, 6.07) is 2.56. The maximum Gasteiger partial charge on any atom is 0.322 e. The fourth-order valence-corrected chi connectivity index (χ4v) is 4.59. The molecule has 0 radical (unpaired) electrons. The minimum atomic E-state index is -4.04. The largest absolute Gasteiger partial charge is 0.480 e. The number of hydrogen-bond donors (Lipinski definition) is 1. The van der Waals surface area contributed by atoms with E-state index in [9.17, 15) is 22.8 Å². The Kier molecular flexibility index (Phi) is 3.49. The number of fused-ring (bicyclic) bond motifs is 1. The van der Waals surface area contributed by atoms with Crippen molar-refractivity contribution in [1.29, 1.82) is 0 Å². The van der Waals surface area contributed by atoms with Crippen molar-refractivity contribution in [2.75, 3.05) is 13.6 Å². The molecule has 1 aromatic rings. The Morgan fingerprint density at radius 2 is 1.87 bits per heavy atom. The molecule has 1 fully saturated rings. The molecule has 0 aliphatic carbocycles. The van der Waals surface area contributed by atoms with Crippen LogP contribution in [0.5, 0.6) is 0 Å². The lowest BCUT2D eigenvalue weighted by Gasteiger charge is -2.21. The minimum absolute atomic E-state index is 0.0182. The van der Waals surface area contributed by atoms with Crippen molar-refractivity contribution in [3.8, 4) is 0 Å². The van der Waals surface area contributed by atoms with Crippen LogP contribution in [0, 0.1) is 0 Å². The van der Waals surface area contributed by atoms with E-state index in [0.717, 1.165) is 15.3 Å². The molecule has 23 heavy (non-hydrogen) atoms. The van der Waals surface area contributed by atoms with Crippen LogP contribution in [0.4, 0.5) is 0 Å². The molecule has 0 bridgehead atoms. The van der Waals surface area contributed by atoms with Crippen molar-refractivity contribution in [2.24, 2.45) is 0 Å². The number of rotatable bonds is 3. The fourth-order valence-electron chi connectivity index (χ4n) is 2.91. The van der Waals surface area contributed by atoms with Gasteiger partial charge in [-0.25, -0.2) is 8.42 Å². The zero-order valence-corrected chi connectivity index (χ0v) is 13.0. The zero-order valence-electron chi connectivity index (χ0n) is 12.2. The minimum Gasteiger partial charge on any atom is -0.480 e. The van der Waals surface area contributed by atoms with Gasteiger partial charge in [0.2, 0.25) is 10.0 Å². The molecule has 2 aliphatic rings.